The number of benzene rings is 3. The third-order valence-electron chi connectivity index (χ3n) is 6.42. The summed E-state index contributed by atoms with van der Waals surface area (Å²) in [4.78, 5) is 26.5. The zero-order valence-electron chi connectivity index (χ0n) is 18.6. The van der Waals surface area contributed by atoms with E-state index in [1.165, 1.54) is 0 Å². The number of carbonyl (C=O) groups excluding carboxylic acids is 2. The maximum Gasteiger partial charge on any atom is 0.410 e. The maximum absolute atomic E-state index is 12.7. The molecule has 1 aliphatic carbocycles. The Labute approximate surface area is 194 Å². The van der Waals surface area contributed by atoms with Crippen molar-refractivity contribution in [1.29, 1.82) is 0 Å². The fourth-order valence-electron chi connectivity index (χ4n) is 4.37. The third-order valence-corrected chi connectivity index (χ3v) is 6.42. The van der Waals surface area contributed by atoms with Gasteiger partial charge in [-0.05, 0) is 60.1 Å². The molecule has 33 heavy (non-hydrogen) atoms. The Bertz CT molecular complexity index is 1110. The lowest BCUT2D eigenvalue weighted by atomic mass is 9.99. The lowest BCUT2D eigenvalue weighted by molar-refractivity contribution is -0.117. The van der Waals surface area contributed by atoms with E-state index in [4.69, 9.17) is 4.74 Å². The van der Waals surface area contributed by atoms with Gasteiger partial charge in [-0.1, -0.05) is 66.7 Å². The van der Waals surface area contributed by atoms with Gasteiger partial charge in [-0.25, -0.2) is 4.79 Å². The number of amides is 2. The molecule has 2 fully saturated rings. The van der Waals surface area contributed by atoms with Crippen LogP contribution >= 0.6 is 0 Å². The molecule has 1 saturated carbocycles. The van der Waals surface area contributed by atoms with Crippen molar-refractivity contribution in [3.63, 3.8) is 0 Å². The predicted octanol–water partition coefficient (Wildman–Crippen LogP) is 6.18. The highest BCUT2D eigenvalue weighted by atomic mass is 16.6. The molecule has 0 radical (unpaired) electrons. The molecule has 5 nitrogen and oxygen atoms in total. The second-order valence-corrected chi connectivity index (χ2v) is 8.85. The number of likely N-dealkylation sites (tertiary alicyclic amines) is 1. The zero-order chi connectivity index (χ0) is 22.6. The summed E-state index contributed by atoms with van der Waals surface area (Å²) >= 11 is 0. The molecule has 1 aliphatic heterocycles. The summed E-state index contributed by atoms with van der Waals surface area (Å²) in [6.07, 6.45) is 3.66. The van der Waals surface area contributed by atoms with E-state index in [2.05, 4.69) is 29.6 Å². The Morgan fingerprint density at radius 2 is 1.52 bits per heavy atom. The summed E-state index contributed by atoms with van der Waals surface area (Å²) in [7, 11) is 0. The maximum atomic E-state index is 12.7. The van der Waals surface area contributed by atoms with Gasteiger partial charge >= 0.3 is 6.09 Å². The van der Waals surface area contributed by atoms with Crippen molar-refractivity contribution < 1.29 is 14.3 Å². The first-order chi connectivity index (χ1) is 16.2. The van der Waals surface area contributed by atoms with Gasteiger partial charge in [-0.2, -0.15) is 0 Å². The fourth-order valence-corrected chi connectivity index (χ4v) is 4.37. The molecule has 5 heteroatoms. The third kappa shape index (κ3) is 5.08. The molecule has 1 atom stereocenters. The summed E-state index contributed by atoms with van der Waals surface area (Å²) in [5.74, 6) is 0.318. The number of nitrogens with one attached hydrogen (secondary N) is 1. The molecular formula is C28H28N2O3. The number of hydrogen-bond donors (Lipinski definition) is 1. The molecule has 2 aliphatic rings. The Morgan fingerprint density at radius 1 is 0.848 bits per heavy atom. The lowest BCUT2D eigenvalue weighted by Crippen LogP contribution is -2.31. The van der Waals surface area contributed by atoms with Crippen LogP contribution in [0.5, 0.6) is 0 Å². The molecule has 1 saturated heterocycles. The molecule has 2 amide bonds. The molecule has 0 unspecified atom stereocenters. The first-order valence-corrected chi connectivity index (χ1v) is 11.7. The molecule has 168 valence electrons. The quantitative estimate of drug-likeness (QED) is 0.498. The van der Waals surface area contributed by atoms with Crippen LogP contribution in [-0.4, -0.2) is 23.4 Å². The van der Waals surface area contributed by atoms with Crippen LogP contribution in [0.2, 0.25) is 0 Å². The van der Waals surface area contributed by atoms with E-state index in [1.807, 2.05) is 59.5 Å². The summed E-state index contributed by atoms with van der Waals surface area (Å²) in [6.45, 7) is 1.01. The molecule has 5 rings (SSSR count). The molecule has 3 aromatic carbocycles. The van der Waals surface area contributed by atoms with E-state index >= 15 is 0 Å². The SMILES string of the molecule is O=C(Nc1ccc(-c2ccc([C@@H]3CCCN3C(=O)OCc3ccccc3)cc2)cc1)C1CC1. The van der Waals surface area contributed by atoms with Gasteiger partial charge in [0.2, 0.25) is 5.91 Å². The summed E-state index contributed by atoms with van der Waals surface area (Å²) in [6, 6.07) is 26.2. The highest BCUT2D eigenvalue weighted by molar-refractivity contribution is 5.94. The Morgan fingerprint density at radius 3 is 2.18 bits per heavy atom. The minimum atomic E-state index is -0.255. The van der Waals surface area contributed by atoms with Gasteiger partial charge in [0.25, 0.3) is 0 Å². The van der Waals surface area contributed by atoms with Crippen LogP contribution < -0.4 is 5.32 Å². The topological polar surface area (TPSA) is 58.6 Å². The molecule has 1 N–H and O–H groups in total. The number of hydrogen-bond acceptors (Lipinski definition) is 3. The highest BCUT2D eigenvalue weighted by Crippen LogP contribution is 2.34. The molecule has 3 aromatic rings. The number of ether oxygens (including phenoxy) is 1. The van der Waals surface area contributed by atoms with Gasteiger partial charge in [0, 0.05) is 18.2 Å². The first kappa shape index (κ1) is 21.3. The van der Waals surface area contributed by atoms with Crippen molar-refractivity contribution in [1.82, 2.24) is 4.90 Å². The second kappa shape index (κ2) is 9.49. The second-order valence-electron chi connectivity index (χ2n) is 8.85. The highest BCUT2D eigenvalue weighted by Gasteiger charge is 2.31. The van der Waals surface area contributed by atoms with Crippen LogP contribution in [0.3, 0.4) is 0 Å². The van der Waals surface area contributed by atoms with Gasteiger partial charge in [0.15, 0.2) is 0 Å². The number of anilines is 1. The molecular weight excluding hydrogens is 412 g/mol. The van der Waals surface area contributed by atoms with Crippen molar-refractivity contribution in [2.45, 2.75) is 38.3 Å². The Balaban J connectivity index is 1.21. The number of carbonyl (C=O) groups is 2. The van der Waals surface area contributed by atoms with Crippen molar-refractivity contribution in [3.8, 4) is 11.1 Å². The van der Waals surface area contributed by atoms with Crippen LogP contribution in [0.1, 0.15) is 42.9 Å². The zero-order valence-corrected chi connectivity index (χ0v) is 18.6. The molecule has 0 bridgehead atoms. The Kier molecular flexibility index (Phi) is 6.11. The van der Waals surface area contributed by atoms with Crippen LogP contribution in [-0.2, 0) is 16.1 Å². The average molecular weight is 441 g/mol. The van der Waals surface area contributed by atoms with E-state index in [0.29, 0.717) is 13.2 Å². The van der Waals surface area contributed by atoms with Crippen molar-refractivity contribution in [2.24, 2.45) is 5.92 Å². The van der Waals surface area contributed by atoms with Crippen molar-refractivity contribution in [2.75, 3.05) is 11.9 Å². The van der Waals surface area contributed by atoms with E-state index in [1.54, 1.807) is 0 Å². The number of rotatable bonds is 6. The standard InChI is InChI=1S/C28H28N2O3/c31-27(24-12-13-24)29-25-16-14-22(15-17-25)21-8-10-23(11-9-21)26-7-4-18-30(26)28(32)33-19-20-5-2-1-3-6-20/h1-3,5-6,8-11,14-17,24,26H,4,7,12-13,18-19H2,(H,29,31)/t26-/m0/s1. The Hall–Kier alpha value is -3.60. The van der Waals surface area contributed by atoms with Crippen LogP contribution in [0.25, 0.3) is 11.1 Å². The minimum Gasteiger partial charge on any atom is -0.445 e. The van der Waals surface area contributed by atoms with Gasteiger partial charge in [-0.15, -0.1) is 0 Å². The monoisotopic (exact) mass is 440 g/mol. The largest absolute Gasteiger partial charge is 0.445 e. The molecule has 1 heterocycles. The smallest absolute Gasteiger partial charge is 0.410 e. The summed E-state index contributed by atoms with van der Waals surface area (Å²) in [5.41, 5.74) is 5.15. The lowest BCUT2D eigenvalue weighted by Gasteiger charge is -2.24. The van der Waals surface area contributed by atoms with Crippen LogP contribution in [0, 0.1) is 5.92 Å². The van der Waals surface area contributed by atoms with Gasteiger partial charge in [0.05, 0.1) is 6.04 Å². The molecule has 0 aromatic heterocycles. The van der Waals surface area contributed by atoms with E-state index in [-0.39, 0.29) is 24.0 Å². The number of nitrogens with zero attached hydrogens (tertiary/aromatic N) is 1. The van der Waals surface area contributed by atoms with Gasteiger partial charge in [0.1, 0.15) is 6.61 Å². The summed E-state index contributed by atoms with van der Waals surface area (Å²) in [5, 5.41) is 2.98. The van der Waals surface area contributed by atoms with Crippen molar-refractivity contribution in [3.05, 3.63) is 90.0 Å². The van der Waals surface area contributed by atoms with E-state index < -0.39 is 0 Å². The molecule has 0 spiro atoms. The summed E-state index contributed by atoms with van der Waals surface area (Å²) < 4.78 is 5.57. The average Bonchev–Trinajstić information content (AvgIpc) is 3.60. The van der Waals surface area contributed by atoms with Crippen LogP contribution in [0.15, 0.2) is 78.9 Å². The predicted molar refractivity (Wildman–Crippen MR) is 129 cm³/mol. The van der Waals surface area contributed by atoms with E-state index in [0.717, 1.165) is 53.6 Å². The fraction of sp³-hybridized carbons (Fsp3) is 0.286. The van der Waals surface area contributed by atoms with Gasteiger partial charge < -0.3 is 15.0 Å². The van der Waals surface area contributed by atoms with Crippen molar-refractivity contribution >= 4 is 17.7 Å². The van der Waals surface area contributed by atoms with E-state index in [9.17, 15) is 9.59 Å². The van der Waals surface area contributed by atoms with Gasteiger partial charge in [-0.3, -0.25) is 4.79 Å². The normalized spacial score (nSPS) is 17.6. The first-order valence-electron chi connectivity index (χ1n) is 11.7. The van der Waals surface area contributed by atoms with Crippen LogP contribution in [0.4, 0.5) is 10.5 Å². The minimum absolute atomic E-state index is 0.0438.